The number of rotatable bonds is 6. The highest BCUT2D eigenvalue weighted by Gasteiger charge is 2.16. The van der Waals surface area contributed by atoms with Gasteiger partial charge >= 0.3 is 5.97 Å². The molecule has 1 aliphatic carbocycles. The zero-order valence-corrected chi connectivity index (χ0v) is 13.0. The lowest BCUT2D eigenvalue weighted by molar-refractivity contribution is -0.147. The Morgan fingerprint density at radius 3 is 2.83 bits per heavy atom. The van der Waals surface area contributed by atoms with Crippen molar-refractivity contribution < 1.29 is 19.1 Å². The van der Waals surface area contributed by atoms with Gasteiger partial charge in [-0.05, 0) is 37.0 Å². The number of carbonyl (C=O) groups is 3. The van der Waals surface area contributed by atoms with Crippen LogP contribution in [-0.4, -0.2) is 31.4 Å². The number of amides is 2. The summed E-state index contributed by atoms with van der Waals surface area (Å²) < 4.78 is 4.97. The van der Waals surface area contributed by atoms with Crippen LogP contribution < -0.4 is 10.6 Å². The minimum atomic E-state index is -0.436. The fraction of sp³-hybridized carbons (Fsp3) is 0.353. The Balaban J connectivity index is 1.79. The first-order valence-corrected chi connectivity index (χ1v) is 7.53. The van der Waals surface area contributed by atoms with E-state index in [-0.39, 0.29) is 24.4 Å². The van der Waals surface area contributed by atoms with Gasteiger partial charge in [-0.3, -0.25) is 14.4 Å². The zero-order valence-electron chi connectivity index (χ0n) is 13.0. The van der Waals surface area contributed by atoms with Gasteiger partial charge in [0.15, 0.2) is 6.61 Å². The van der Waals surface area contributed by atoms with E-state index in [1.807, 2.05) is 12.2 Å². The molecule has 0 saturated heterocycles. The first kappa shape index (κ1) is 16.7. The third-order valence-corrected chi connectivity index (χ3v) is 3.54. The number of allylic oxidation sites excluding steroid dienone is 2. The average Bonchev–Trinajstić information content (AvgIpc) is 3.05. The molecular formula is C17H20N2O4. The molecule has 23 heavy (non-hydrogen) atoms. The molecule has 0 aliphatic heterocycles. The van der Waals surface area contributed by atoms with Crippen molar-refractivity contribution in [1.29, 1.82) is 0 Å². The minimum absolute atomic E-state index is 0.217. The lowest BCUT2D eigenvalue weighted by atomic mass is 10.1. The molecular weight excluding hydrogens is 296 g/mol. The normalized spacial score (nSPS) is 16.0. The van der Waals surface area contributed by atoms with Crippen LogP contribution in [0.5, 0.6) is 0 Å². The van der Waals surface area contributed by atoms with Crippen molar-refractivity contribution in [3.8, 4) is 0 Å². The highest BCUT2D eigenvalue weighted by atomic mass is 16.5. The summed E-state index contributed by atoms with van der Waals surface area (Å²) in [6.45, 7) is -0.334. The molecule has 0 unspecified atom stereocenters. The van der Waals surface area contributed by atoms with Crippen LogP contribution in [0, 0.1) is 5.92 Å². The minimum Gasteiger partial charge on any atom is -0.456 e. The van der Waals surface area contributed by atoms with Gasteiger partial charge in [0.05, 0.1) is 6.42 Å². The molecule has 2 rings (SSSR count). The summed E-state index contributed by atoms with van der Waals surface area (Å²) in [5.74, 6) is -0.836. The second kappa shape index (κ2) is 8.12. The van der Waals surface area contributed by atoms with E-state index in [9.17, 15) is 14.4 Å². The summed E-state index contributed by atoms with van der Waals surface area (Å²) in [5.41, 5.74) is 0.918. The summed E-state index contributed by atoms with van der Waals surface area (Å²) in [6.07, 6.45) is 6.29. The van der Waals surface area contributed by atoms with Crippen molar-refractivity contribution in [3.63, 3.8) is 0 Å². The van der Waals surface area contributed by atoms with Gasteiger partial charge in [-0.15, -0.1) is 0 Å². The molecule has 2 amide bonds. The highest BCUT2D eigenvalue weighted by Crippen LogP contribution is 2.20. The van der Waals surface area contributed by atoms with Gasteiger partial charge in [0, 0.05) is 18.3 Å². The van der Waals surface area contributed by atoms with Crippen LogP contribution in [0.2, 0.25) is 0 Å². The van der Waals surface area contributed by atoms with Crippen molar-refractivity contribution in [2.24, 2.45) is 5.92 Å². The first-order valence-electron chi connectivity index (χ1n) is 7.53. The number of benzene rings is 1. The van der Waals surface area contributed by atoms with Gasteiger partial charge in [-0.25, -0.2) is 0 Å². The molecule has 6 heteroatoms. The van der Waals surface area contributed by atoms with Gasteiger partial charge in [0.25, 0.3) is 11.8 Å². The van der Waals surface area contributed by atoms with Crippen molar-refractivity contribution >= 4 is 23.5 Å². The molecule has 6 nitrogen and oxygen atoms in total. The van der Waals surface area contributed by atoms with Crippen LogP contribution in [0.25, 0.3) is 0 Å². The molecule has 1 aromatic carbocycles. The van der Waals surface area contributed by atoms with Gasteiger partial charge in [-0.2, -0.15) is 0 Å². The SMILES string of the molecule is CNC(=O)c1cccc(NC(=O)COC(=O)C[C@H]2C=CCC2)c1. The fourth-order valence-electron chi connectivity index (χ4n) is 2.36. The molecule has 0 saturated carbocycles. The number of nitrogens with one attached hydrogen (secondary N) is 2. The molecule has 1 aliphatic rings. The summed E-state index contributed by atoms with van der Waals surface area (Å²) in [7, 11) is 1.53. The summed E-state index contributed by atoms with van der Waals surface area (Å²) in [5, 5.41) is 5.11. The maximum Gasteiger partial charge on any atom is 0.306 e. The second-order valence-corrected chi connectivity index (χ2v) is 5.34. The Hall–Kier alpha value is -2.63. The molecule has 0 radical (unpaired) electrons. The Kier molecular flexibility index (Phi) is 5.91. The number of carbonyl (C=O) groups excluding carboxylic acids is 3. The van der Waals surface area contributed by atoms with E-state index < -0.39 is 5.91 Å². The summed E-state index contributed by atoms with van der Waals surface area (Å²) in [4.78, 5) is 35.0. The van der Waals surface area contributed by atoms with E-state index in [1.54, 1.807) is 24.3 Å². The highest BCUT2D eigenvalue weighted by molar-refractivity contribution is 5.97. The van der Waals surface area contributed by atoms with E-state index in [2.05, 4.69) is 10.6 Å². The molecule has 0 spiro atoms. The Bertz CT molecular complexity index is 625. The predicted molar refractivity (Wildman–Crippen MR) is 85.9 cm³/mol. The van der Waals surface area contributed by atoms with Gasteiger partial charge < -0.3 is 15.4 Å². The van der Waals surface area contributed by atoms with Crippen LogP contribution in [0.1, 0.15) is 29.6 Å². The zero-order chi connectivity index (χ0) is 16.7. The molecule has 2 N–H and O–H groups in total. The van der Waals surface area contributed by atoms with Crippen molar-refractivity contribution in [3.05, 3.63) is 42.0 Å². The summed E-state index contributed by atoms with van der Waals surface area (Å²) in [6, 6.07) is 6.53. The summed E-state index contributed by atoms with van der Waals surface area (Å²) >= 11 is 0. The van der Waals surface area contributed by atoms with E-state index in [0.717, 1.165) is 12.8 Å². The number of hydrogen-bond acceptors (Lipinski definition) is 4. The van der Waals surface area contributed by atoms with Crippen LogP contribution in [0.3, 0.4) is 0 Å². The number of ether oxygens (including phenoxy) is 1. The lowest BCUT2D eigenvalue weighted by Gasteiger charge is -2.09. The maximum atomic E-state index is 11.8. The average molecular weight is 316 g/mol. The number of anilines is 1. The van der Waals surface area contributed by atoms with Crippen LogP contribution in [-0.2, 0) is 14.3 Å². The Morgan fingerprint density at radius 1 is 1.30 bits per heavy atom. The van der Waals surface area contributed by atoms with Crippen molar-refractivity contribution in [2.75, 3.05) is 19.0 Å². The molecule has 0 aromatic heterocycles. The molecule has 0 heterocycles. The Morgan fingerprint density at radius 2 is 2.13 bits per heavy atom. The lowest BCUT2D eigenvalue weighted by Crippen LogP contribution is -2.22. The van der Waals surface area contributed by atoms with E-state index >= 15 is 0 Å². The largest absolute Gasteiger partial charge is 0.456 e. The van der Waals surface area contributed by atoms with Crippen LogP contribution in [0.15, 0.2) is 36.4 Å². The monoisotopic (exact) mass is 316 g/mol. The van der Waals surface area contributed by atoms with Gasteiger partial charge in [0.1, 0.15) is 0 Å². The van der Waals surface area contributed by atoms with E-state index in [4.69, 9.17) is 4.74 Å². The quantitative estimate of drug-likeness (QED) is 0.620. The molecule has 0 fully saturated rings. The Labute approximate surface area is 134 Å². The van der Waals surface area contributed by atoms with E-state index in [1.165, 1.54) is 7.05 Å². The van der Waals surface area contributed by atoms with Crippen molar-refractivity contribution in [2.45, 2.75) is 19.3 Å². The topological polar surface area (TPSA) is 84.5 Å². The maximum absolute atomic E-state index is 11.8. The smallest absolute Gasteiger partial charge is 0.306 e. The fourth-order valence-corrected chi connectivity index (χ4v) is 2.36. The number of hydrogen-bond donors (Lipinski definition) is 2. The van der Waals surface area contributed by atoms with Crippen LogP contribution in [0.4, 0.5) is 5.69 Å². The molecule has 122 valence electrons. The van der Waals surface area contributed by atoms with E-state index in [0.29, 0.717) is 17.7 Å². The standard InChI is InChI=1S/C17H20N2O4/c1-18-17(22)13-7-4-8-14(10-13)19-15(20)11-23-16(21)9-12-5-2-3-6-12/h2,4-5,7-8,10,12H,3,6,9,11H2,1H3,(H,18,22)(H,19,20)/t12-/m0/s1. The van der Waals surface area contributed by atoms with Gasteiger partial charge in [0.2, 0.25) is 0 Å². The molecule has 1 atom stereocenters. The van der Waals surface area contributed by atoms with Gasteiger partial charge in [-0.1, -0.05) is 18.2 Å². The molecule has 0 bridgehead atoms. The van der Waals surface area contributed by atoms with Crippen LogP contribution >= 0.6 is 0 Å². The van der Waals surface area contributed by atoms with Crippen molar-refractivity contribution in [1.82, 2.24) is 5.32 Å². The second-order valence-electron chi connectivity index (χ2n) is 5.34. The first-order chi connectivity index (χ1) is 11.1. The number of esters is 1. The third-order valence-electron chi connectivity index (χ3n) is 3.54. The molecule has 1 aromatic rings. The third kappa shape index (κ3) is 5.25. The predicted octanol–water partition coefficient (Wildman–Crippen LogP) is 1.88.